The summed E-state index contributed by atoms with van der Waals surface area (Å²) in [6, 6.07) is 10.2. The Morgan fingerprint density at radius 2 is 2.09 bits per heavy atom. The van der Waals surface area contributed by atoms with Crippen molar-refractivity contribution in [3.8, 4) is 11.5 Å². The first-order chi connectivity index (χ1) is 10.6. The highest BCUT2D eigenvalue weighted by Gasteiger charge is 2.25. The largest absolute Gasteiger partial charge is 0.493 e. The molecule has 1 aliphatic heterocycles. The molecule has 2 aromatic carbocycles. The average Bonchev–Trinajstić information content (AvgIpc) is 2.69. The maximum atomic E-state index is 13.4. The van der Waals surface area contributed by atoms with Gasteiger partial charge in [-0.15, -0.1) is 0 Å². The highest BCUT2D eigenvalue weighted by Crippen LogP contribution is 2.35. The fourth-order valence-corrected chi connectivity index (χ4v) is 2.51. The molecular formula is C17H16FNO3. The molecule has 0 spiro atoms. The number of methoxy groups -OCH3 is 1. The molecule has 114 valence electrons. The Morgan fingerprint density at radius 3 is 2.82 bits per heavy atom. The number of aryl methyl sites for hydroxylation is 1. The van der Waals surface area contributed by atoms with E-state index in [2.05, 4.69) is 0 Å². The lowest BCUT2D eigenvalue weighted by molar-refractivity contribution is -0.120. The minimum absolute atomic E-state index is 0.0796. The van der Waals surface area contributed by atoms with Crippen molar-refractivity contribution in [3.63, 3.8) is 0 Å². The summed E-state index contributed by atoms with van der Waals surface area (Å²) in [6.45, 7) is 1.95. The van der Waals surface area contributed by atoms with Crippen molar-refractivity contribution in [1.29, 1.82) is 0 Å². The van der Waals surface area contributed by atoms with Gasteiger partial charge in [0.05, 0.1) is 13.7 Å². The maximum Gasteiger partial charge on any atom is 0.265 e. The van der Waals surface area contributed by atoms with Crippen LogP contribution in [-0.2, 0) is 11.3 Å². The van der Waals surface area contributed by atoms with Crippen LogP contribution in [-0.4, -0.2) is 19.6 Å². The lowest BCUT2D eigenvalue weighted by Gasteiger charge is -2.20. The molecule has 1 aliphatic rings. The Morgan fingerprint density at radius 1 is 1.27 bits per heavy atom. The van der Waals surface area contributed by atoms with Gasteiger partial charge < -0.3 is 14.4 Å². The molecule has 0 saturated heterocycles. The fraction of sp³-hybridized carbons (Fsp3) is 0.235. The minimum Gasteiger partial charge on any atom is -0.493 e. The molecular weight excluding hydrogens is 285 g/mol. The average molecular weight is 301 g/mol. The Labute approximate surface area is 128 Å². The Bertz CT molecular complexity index is 730. The molecule has 2 aromatic rings. The third-order valence-electron chi connectivity index (χ3n) is 3.70. The van der Waals surface area contributed by atoms with E-state index >= 15 is 0 Å². The van der Waals surface area contributed by atoms with Crippen molar-refractivity contribution in [2.24, 2.45) is 0 Å². The zero-order valence-electron chi connectivity index (χ0n) is 12.4. The third-order valence-corrected chi connectivity index (χ3v) is 3.70. The molecule has 4 nitrogen and oxygen atoms in total. The lowest BCUT2D eigenvalue weighted by Crippen LogP contribution is -2.32. The van der Waals surface area contributed by atoms with Crippen LogP contribution >= 0.6 is 0 Å². The number of benzene rings is 2. The molecule has 0 N–H and O–H groups in total. The summed E-state index contributed by atoms with van der Waals surface area (Å²) in [6.07, 6.45) is 0. The van der Waals surface area contributed by atoms with Crippen LogP contribution in [0.5, 0.6) is 11.5 Å². The first-order valence-corrected chi connectivity index (χ1v) is 6.95. The van der Waals surface area contributed by atoms with Gasteiger partial charge in [0.15, 0.2) is 18.1 Å². The topological polar surface area (TPSA) is 38.8 Å². The van der Waals surface area contributed by atoms with Gasteiger partial charge in [-0.2, -0.15) is 0 Å². The van der Waals surface area contributed by atoms with Gasteiger partial charge in [-0.25, -0.2) is 4.39 Å². The van der Waals surface area contributed by atoms with Gasteiger partial charge in [0, 0.05) is 11.3 Å². The number of hydrogen-bond donors (Lipinski definition) is 0. The van der Waals surface area contributed by atoms with Crippen molar-refractivity contribution in [2.75, 3.05) is 18.6 Å². The highest BCUT2D eigenvalue weighted by molar-refractivity contribution is 5.95. The van der Waals surface area contributed by atoms with E-state index in [1.165, 1.54) is 6.07 Å². The second-order valence-electron chi connectivity index (χ2n) is 5.15. The molecule has 22 heavy (non-hydrogen) atoms. The first kappa shape index (κ1) is 14.4. The molecule has 3 rings (SSSR count). The summed E-state index contributed by atoms with van der Waals surface area (Å²) in [5.41, 5.74) is 2.01. The van der Waals surface area contributed by atoms with Gasteiger partial charge in [0.1, 0.15) is 5.82 Å². The van der Waals surface area contributed by atoms with E-state index in [0.717, 1.165) is 5.56 Å². The minimum atomic E-state index is -0.288. The standard InChI is InChI=1S/C17H16FNO3/c1-11-8-13(6-7-14(11)18)19-9-12-4-3-5-15(21-2)17(12)22-10-16(19)20/h3-8H,9-10H2,1-2H3. The summed E-state index contributed by atoms with van der Waals surface area (Å²) >= 11 is 0. The molecule has 1 amide bonds. The van der Waals surface area contributed by atoms with Crippen molar-refractivity contribution >= 4 is 11.6 Å². The zero-order chi connectivity index (χ0) is 15.7. The van der Waals surface area contributed by atoms with Crippen molar-refractivity contribution in [3.05, 3.63) is 53.3 Å². The van der Waals surface area contributed by atoms with Crippen LogP contribution in [0.25, 0.3) is 0 Å². The van der Waals surface area contributed by atoms with Crippen molar-refractivity contribution in [1.82, 2.24) is 0 Å². The van der Waals surface area contributed by atoms with Crippen LogP contribution < -0.4 is 14.4 Å². The van der Waals surface area contributed by atoms with Crippen LogP contribution in [0.1, 0.15) is 11.1 Å². The fourth-order valence-electron chi connectivity index (χ4n) is 2.51. The number of nitrogens with zero attached hydrogens (tertiary/aromatic N) is 1. The number of amides is 1. The highest BCUT2D eigenvalue weighted by atomic mass is 19.1. The number of hydrogen-bond acceptors (Lipinski definition) is 3. The van der Waals surface area contributed by atoms with Crippen molar-refractivity contribution < 1.29 is 18.7 Å². The predicted molar refractivity (Wildman–Crippen MR) is 80.8 cm³/mol. The number of carbonyl (C=O) groups is 1. The molecule has 0 aromatic heterocycles. The van der Waals surface area contributed by atoms with Gasteiger partial charge in [-0.3, -0.25) is 4.79 Å². The van der Waals surface area contributed by atoms with Crippen LogP contribution in [0.4, 0.5) is 10.1 Å². The van der Waals surface area contributed by atoms with Crippen LogP contribution in [0.2, 0.25) is 0 Å². The molecule has 5 heteroatoms. The molecule has 0 saturated carbocycles. The van der Waals surface area contributed by atoms with Crippen LogP contribution in [0.3, 0.4) is 0 Å². The molecule has 0 unspecified atom stereocenters. The Hall–Kier alpha value is -2.56. The quantitative estimate of drug-likeness (QED) is 0.855. The molecule has 1 heterocycles. The predicted octanol–water partition coefficient (Wildman–Crippen LogP) is 3.07. The lowest BCUT2D eigenvalue weighted by atomic mass is 10.1. The smallest absolute Gasteiger partial charge is 0.265 e. The van der Waals surface area contributed by atoms with E-state index in [9.17, 15) is 9.18 Å². The van der Waals surface area contributed by atoms with E-state index in [4.69, 9.17) is 9.47 Å². The van der Waals surface area contributed by atoms with Crippen LogP contribution in [0, 0.1) is 12.7 Å². The number of ether oxygens (including phenoxy) is 2. The number of anilines is 1. The van der Waals surface area contributed by atoms with E-state index in [1.807, 2.05) is 12.1 Å². The molecule has 0 aliphatic carbocycles. The maximum absolute atomic E-state index is 13.4. The van der Waals surface area contributed by atoms with E-state index < -0.39 is 0 Å². The zero-order valence-corrected chi connectivity index (χ0v) is 12.4. The molecule has 0 atom stereocenters. The Kier molecular flexibility index (Phi) is 3.71. The third kappa shape index (κ3) is 2.50. The first-order valence-electron chi connectivity index (χ1n) is 6.95. The van der Waals surface area contributed by atoms with Gasteiger partial charge in [-0.05, 0) is 36.8 Å². The summed E-state index contributed by atoms with van der Waals surface area (Å²) in [5.74, 6) is 0.718. The molecule has 0 fully saturated rings. The monoisotopic (exact) mass is 301 g/mol. The second-order valence-corrected chi connectivity index (χ2v) is 5.15. The van der Waals surface area contributed by atoms with E-state index in [-0.39, 0.29) is 18.3 Å². The number of rotatable bonds is 2. The summed E-state index contributed by atoms with van der Waals surface area (Å²) in [5, 5.41) is 0. The number of para-hydroxylation sites is 1. The van der Waals surface area contributed by atoms with Gasteiger partial charge >= 0.3 is 0 Å². The number of carbonyl (C=O) groups excluding carboxylic acids is 1. The van der Waals surface area contributed by atoms with Crippen molar-refractivity contribution in [2.45, 2.75) is 13.5 Å². The van der Waals surface area contributed by atoms with Gasteiger partial charge in [0.25, 0.3) is 5.91 Å². The van der Waals surface area contributed by atoms with E-state index in [0.29, 0.717) is 29.3 Å². The van der Waals surface area contributed by atoms with Gasteiger partial charge in [0.2, 0.25) is 0 Å². The normalized spacial score (nSPS) is 14.1. The van der Waals surface area contributed by atoms with Gasteiger partial charge in [-0.1, -0.05) is 12.1 Å². The number of halogens is 1. The van der Waals surface area contributed by atoms with Crippen LogP contribution in [0.15, 0.2) is 36.4 Å². The second kappa shape index (κ2) is 5.67. The SMILES string of the molecule is COc1cccc2c1OCC(=O)N(c1ccc(F)c(C)c1)C2. The summed E-state index contributed by atoms with van der Waals surface area (Å²) in [7, 11) is 1.56. The summed E-state index contributed by atoms with van der Waals surface area (Å²) in [4.78, 5) is 13.9. The summed E-state index contributed by atoms with van der Waals surface area (Å²) < 4.78 is 24.3. The molecule has 0 bridgehead atoms. The number of fused-ring (bicyclic) bond motifs is 1. The van der Waals surface area contributed by atoms with E-state index in [1.54, 1.807) is 37.1 Å². The Balaban J connectivity index is 2.01. The molecule has 0 radical (unpaired) electrons.